The highest BCUT2D eigenvalue weighted by molar-refractivity contribution is 5.94. The standard InChI is InChI=1S/C22H18N4O4/c1-14-2-6-17(7-3-14)22(27)23-13-15-4-8-16(9-5-15)21-24-19-11-10-18(26(29)30)12-20(19)25(21)28/h2-12,28H,13H2,1H3,(H,23,27). The minimum Gasteiger partial charge on any atom is -0.426 e. The molecule has 0 saturated carbocycles. The Morgan fingerprint density at radius 1 is 1.10 bits per heavy atom. The number of hydrogen-bond acceptors (Lipinski definition) is 5. The van der Waals surface area contributed by atoms with Gasteiger partial charge in [0.25, 0.3) is 11.6 Å². The topological polar surface area (TPSA) is 110 Å². The quantitative estimate of drug-likeness (QED) is 0.297. The molecule has 30 heavy (non-hydrogen) atoms. The van der Waals surface area contributed by atoms with Crippen LogP contribution in [0.2, 0.25) is 0 Å². The molecule has 0 atom stereocenters. The van der Waals surface area contributed by atoms with E-state index in [4.69, 9.17) is 0 Å². The molecule has 2 N–H and O–H groups in total. The molecular weight excluding hydrogens is 384 g/mol. The number of aromatic nitrogens is 2. The summed E-state index contributed by atoms with van der Waals surface area (Å²) in [6.45, 7) is 2.32. The number of imidazole rings is 1. The number of non-ortho nitro benzene ring substituents is 1. The molecule has 0 bridgehead atoms. The molecule has 0 fully saturated rings. The van der Waals surface area contributed by atoms with Crippen LogP contribution in [-0.4, -0.2) is 25.8 Å². The zero-order chi connectivity index (χ0) is 21.3. The summed E-state index contributed by atoms with van der Waals surface area (Å²) in [5, 5.41) is 24.2. The van der Waals surface area contributed by atoms with Crippen LogP contribution in [0.1, 0.15) is 21.5 Å². The highest BCUT2D eigenvalue weighted by Gasteiger charge is 2.16. The number of nitrogens with zero attached hydrogens (tertiary/aromatic N) is 3. The Hall–Kier alpha value is -4.20. The number of carbonyl (C=O) groups excluding carboxylic acids is 1. The van der Waals surface area contributed by atoms with Crippen LogP contribution in [0.5, 0.6) is 0 Å². The summed E-state index contributed by atoms with van der Waals surface area (Å²) in [6.07, 6.45) is 0. The lowest BCUT2D eigenvalue weighted by Gasteiger charge is -2.07. The van der Waals surface area contributed by atoms with Crippen LogP contribution < -0.4 is 5.32 Å². The third-order valence-corrected chi connectivity index (χ3v) is 4.80. The second-order valence-corrected chi connectivity index (χ2v) is 6.92. The molecule has 1 heterocycles. The zero-order valence-corrected chi connectivity index (χ0v) is 16.1. The van der Waals surface area contributed by atoms with Gasteiger partial charge < -0.3 is 10.5 Å². The van der Waals surface area contributed by atoms with Crippen LogP contribution in [0.4, 0.5) is 5.69 Å². The first-order valence-corrected chi connectivity index (χ1v) is 9.23. The Bertz CT molecular complexity index is 1240. The van der Waals surface area contributed by atoms with E-state index in [0.717, 1.165) is 15.9 Å². The smallest absolute Gasteiger partial charge is 0.271 e. The molecule has 0 aliphatic rings. The lowest BCUT2D eigenvalue weighted by molar-refractivity contribution is -0.384. The molecule has 0 spiro atoms. The van der Waals surface area contributed by atoms with Crippen LogP contribution in [-0.2, 0) is 6.54 Å². The normalized spacial score (nSPS) is 10.8. The summed E-state index contributed by atoms with van der Waals surface area (Å²) < 4.78 is 0.844. The summed E-state index contributed by atoms with van der Waals surface area (Å²) in [5.41, 5.74) is 3.80. The molecule has 1 amide bonds. The summed E-state index contributed by atoms with van der Waals surface area (Å²) in [4.78, 5) is 27.0. The number of carbonyl (C=O) groups is 1. The molecule has 150 valence electrons. The van der Waals surface area contributed by atoms with Gasteiger partial charge >= 0.3 is 0 Å². The van der Waals surface area contributed by atoms with E-state index in [2.05, 4.69) is 10.3 Å². The summed E-state index contributed by atoms with van der Waals surface area (Å²) >= 11 is 0. The van der Waals surface area contributed by atoms with Gasteiger partial charge in [-0.15, -0.1) is 0 Å². The van der Waals surface area contributed by atoms with Crippen LogP contribution in [0.3, 0.4) is 0 Å². The Morgan fingerprint density at radius 3 is 2.47 bits per heavy atom. The first kappa shape index (κ1) is 19.1. The highest BCUT2D eigenvalue weighted by atomic mass is 16.6. The SMILES string of the molecule is Cc1ccc(C(=O)NCc2ccc(-c3nc4ccc([N+](=O)[O-])cc4n3O)cc2)cc1. The molecule has 0 saturated heterocycles. The molecule has 4 aromatic rings. The number of benzene rings is 3. The van der Waals surface area contributed by atoms with Crippen LogP contribution in [0.15, 0.2) is 66.7 Å². The lowest BCUT2D eigenvalue weighted by atomic mass is 10.1. The highest BCUT2D eigenvalue weighted by Crippen LogP contribution is 2.26. The van der Waals surface area contributed by atoms with E-state index in [1.54, 1.807) is 24.3 Å². The van der Waals surface area contributed by atoms with Crippen molar-refractivity contribution in [3.05, 3.63) is 93.5 Å². The van der Waals surface area contributed by atoms with Crippen molar-refractivity contribution in [2.24, 2.45) is 0 Å². The maximum Gasteiger partial charge on any atom is 0.271 e. The minimum atomic E-state index is -0.522. The number of nitrogens with one attached hydrogen (secondary N) is 1. The fourth-order valence-electron chi connectivity index (χ4n) is 3.11. The van der Waals surface area contributed by atoms with Crippen molar-refractivity contribution in [1.82, 2.24) is 15.0 Å². The third-order valence-electron chi connectivity index (χ3n) is 4.80. The third kappa shape index (κ3) is 3.70. The maximum absolute atomic E-state index is 12.2. The molecule has 0 aliphatic carbocycles. The van der Waals surface area contributed by atoms with Crippen molar-refractivity contribution in [1.29, 1.82) is 0 Å². The van der Waals surface area contributed by atoms with Crippen molar-refractivity contribution in [2.45, 2.75) is 13.5 Å². The Labute approximate surface area is 171 Å². The van der Waals surface area contributed by atoms with Gasteiger partial charge in [-0.05, 0) is 30.7 Å². The summed E-state index contributed by atoms with van der Waals surface area (Å²) in [5.74, 6) is 0.124. The number of amides is 1. The van der Waals surface area contributed by atoms with Gasteiger partial charge in [-0.2, -0.15) is 4.73 Å². The predicted molar refractivity (Wildman–Crippen MR) is 111 cm³/mol. The van der Waals surface area contributed by atoms with Crippen molar-refractivity contribution in [3.63, 3.8) is 0 Å². The molecule has 0 unspecified atom stereocenters. The van der Waals surface area contributed by atoms with E-state index in [1.807, 2.05) is 31.2 Å². The largest absolute Gasteiger partial charge is 0.426 e. The van der Waals surface area contributed by atoms with Gasteiger partial charge in [0.2, 0.25) is 0 Å². The van der Waals surface area contributed by atoms with Crippen LogP contribution in [0.25, 0.3) is 22.4 Å². The molecule has 8 nitrogen and oxygen atoms in total. The number of hydrogen-bond donors (Lipinski definition) is 2. The number of aryl methyl sites for hydroxylation is 1. The first-order chi connectivity index (χ1) is 14.4. The van der Waals surface area contributed by atoms with Gasteiger partial charge in [-0.25, -0.2) is 4.98 Å². The van der Waals surface area contributed by atoms with Crippen LogP contribution in [0, 0.1) is 17.0 Å². The van der Waals surface area contributed by atoms with Gasteiger partial charge in [-0.1, -0.05) is 42.0 Å². The van der Waals surface area contributed by atoms with Gasteiger partial charge in [0.05, 0.1) is 10.4 Å². The number of nitro benzene ring substituents is 1. The number of nitro groups is 1. The first-order valence-electron chi connectivity index (χ1n) is 9.23. The van der Waals surface area contributed by atoms with E-state index in [1.165, 1.54) is 18.2 Å². The summed E-state index contributed by atoms with van der Waals surface area (Å²) in [6, 6.07) is 18.7. The minimum absolute atomic E-state index is 0.121. The molecule has 4 rings (SSSR count). The predicted octanol–water partition coefficient (Wildman–Crippen LogP) is 4.09. The zero-order valence-electron chi connectivity index (χ0n) is 16.1. The van der Waals surface area contributed by atoms with Crippen molar-refractivity contribution in [3.8, 4) is 11.4 Å². The molecule has 0 radical (unpaired) electrons. The Balaban J connectivity index is 1.50. The summed E-state index contributed by atoms with van der Waals surface area (Å²) in [7, 11) is 0. The van der Waals surface area contributed by atoms with Crippen molar-refractivity contribution in [2.75, 3.05) is 0 Å². The lowest BCUT2D eigenvalue weighted by Crippen LogP contribution is -2.22. The van der Waals surface area contributed by atoms with Gasteiger partial charge in [-0.3, -0.25) is 14.9 Å². The molecule has 1 aromatic heterocycles. The Morgan fingerprint density at radius 2 is 1.80 bits per heavy atom. The average molecular weight is 402 g/mol. The number of rotatable bonds is 5. The second kappa shape index (κ2) is 7.67. The molecule has 3 aromatic carbocycles. The van der Waals surface area contributed by atoms with Crippen molar-refractivity contribution < 1.29 is 14.9 Å². The second-order valence-electron chi connectivity index (χ2n) is 6.92. The maximum atomic E-state index is 12.2. The fourth-order valence-corrected chi connectivity index (χ4v) is 3.11. The fraction of sp³-hybridized carbons (Fsp3) is 0.0909. The van der Waals surface area contributed by atoms with Gasteiger partial charge in [0, 0.05) is 29.8 Å². The molecule has 8 heteroatoms. The molecular formula is C22H18N4O4. The Kier molecular flexibility index (Phi) is 4.89. The average Bonchev–Trinajstić information content (AvgIpc) is 3.09. The van der Waals surface area contributed by atoms with E-state index in [9.17, 15) is 20.1 Å². The van der Waals surface area contributed by atoms with Gasteiger partial charge in [0.1, 0.15) is 5.52 Å². The monoisotopic (exact) mass is 402 g/mol. The van der Waals surface area contributed by atoms with E-state index >= 15 is 0 Å². The molecule has 0 aliphatic heterocycles. The van der Waals surface area contributed by atoms with Gasteiger partial charge in [0.15, 0.2) is 5.82 Å². The van der Waals surface area contributed by atoms with E-state index in [-0.39, 0.29) is 22.9 Å². The van der Waals surface area contributed by atoms with Crippen molar-refractivity contribution >= 4 is 22.6 Å². The van der Waals surface area contributed by atoms with E-state index < -0.39 is 4.92 Å². The number of fused-ring (bicyclic) bond motifs is 1. The van der Waals surface area contributed by atoms with Crippen LogP contribution >= 0.6 is 0 Å². The van der Waals surface area contributed by atoms with E-state index in [0.29, 0.717) is 23.2 Å².